The van der Waals surface area contributed by atoms with Crippen molar-refractivity contribution in [3.63, 3.8) is 0 Å². The standard InChI is InChI=1S/C15H22N2O/c16-13-8-14(12-6-2-1-5-11(12)13)17-9-10-4-3-7-15(10)18/h1-2,5-6,10,13-15,17-18H,3-4,7-9,16H2. The Hall–Kier alpha value is -0.900. The molecule has 0 amide bonds. The number of fused-ring (bicyclic) bond motifs is 1. The van der Waals surface area contributed by atoms with Gasteiger partial charge in [-0.05, 0) is 36.3 Å². The Balaban J connectivity index is 1.64. The molecule has 2 aliphatic carbocycles. The molecule has 0 spiro atoms. The monoisotopic (exact) mass is 246 g/mol. The van der Waals surface area contributed by atoms with Crippen molar-refractivity contribution in [2.24, 2.45) is 11.7 Å². The van der Waals surface area contributed by atoms with Gasteiger partial charge in [0.2, 0.25) is 0 Å². The molecule has 18 heavy (non-hydrogen) atoms. The molecule has 4 N–H and O–H groups in total. The number of nitrogens with one attached hydrogen (secondary N) is 1. The molecule has 4 unspecified atom stereocenters. The predicted octanol–water partition coefficient (Wildman–Crippen LogP) is 1.88. The Morgan fingerprint density at radius 3 is 2.72 bits per heavy atom. The molecule has 0 heterocycles. The van der Waals surface area contributed by atoms with Crippen LogP contribution in [0.4, 0.5) is 0 Å². The molecular weight excluding hydrogens is 224 g/mol. The van der Waals surface area contributed by atoms with Crippen molar-refractivity contribution in [1.29, 1.82) is 0 Å². The fourth-order valence-corrected chi connectivity index (χ4v) is 3.42. The minimum absolute atomic E-state index is 0.108. The molecule has 0 aliphatic heterocycles. The molecule has 4 atom stereocenters. The number of aliphatic hydroxyl groups is 1. The van der Waals surface area contributed by atoms with Gasteiger partial charge in [-0.2, -0.15) is 0 Å². The summed E-state index contributed by atoms with van der Waals surface area (Å²) >= 11 is 0. The summed E-state index contributed by atoms with van der Waals surface area (Å²) in [6.07, 6.45) is 4.14. The van der Waals surface area contributed by atoms with Crippen molar-refractivity contribution >= 4 is 0 Å². The van der Waals surface area contributed by atoms with Gasteiger partial charge in [0.1, 0.15) is 0 Å². The summed E-state index contributed by atoms with van der Waals surface area (Å²) in [4.78, 5) is 0. The maximum absolute atomic E-state index is 9.85. The first-order chi connectivity index (χ1) is 8.75. The summed E-state index contributed by atoms with van der Waals surface area (Å²) < 4.78 is 0. The number of rotatable bonds is 3. The van der Waals surface area contributed by atoms with Crippen LogP contribution in [0.2, 0.25) is 0 Å². The van der Waals surface area contributed by atoms with Crippen LogP contribution in [0.15, 0.2) is 24.3 Å². The first kappa shape index (κ1) is 12.2. The van der Waals surface area contributed by atoms with E-state index in [-0.39, 0.29) is 12.1 Å². The van der Waals surface area contributed by atoms with E-state index in [0.717, 1.165) is 32.2 Å². The van der Waals surface area contributed by atoms with E-state index in [1.165, 1.54) is 11.1 Å². The van der Waals surface area contributed by atoms with E-state index in [1.807, 2.05) is 0 Å². The highest BCUT2D eigenvalue weighted by molar-refractivity contribution is 5.37. The second-order valence-corrected chi connectivity index (χ2v) is 5.69. The maximum atomic E-state index is 9.85. The summed E-state index contributed by atoms with van der Waals surface area (Å²) in [5.74, 6) is 0.425. The Labute approximate surface area is 108 Å². The number of nitrogens with two attached hydrogens (primary N) is 1. The van der Waals surface area contributed by atoms with Crippen molar-refractivity contribution in [3.8, 4) is 0 Å². The average molecular weight is 246 g/mol. The third kappa shape index (κ3) is 2.18. The van der Waals surface area contributed by atoms with Crippen LogP contribution >= 0.6 is 0 Å². The summed E-state index contributed by atoms with van der Waals surface area (Å²) in [5.41, 5.74) is 8.78. The molecule has 3 rings (SSSR count). The molecule has 1 saturated carbocycles. The van der Waals surface area contributed by atoms with Crippen LogP contribution in [-0.2, 0) is 0 Å². The molecule has 1 aromatic carbocycles. The Kier molecular flexibility index (Phi) is 3.37. The van der Waals surface area contributed by atoms with E-state index in [2.05, 4.69) is 29.6 Å². The average Bonchev–Trinajstić information content (AvgIpc) is 2.92. The second kappa shape index (κ2) is 5.00. The lowest BCUT2D eigenvalue weighted by atomic mass is 10.0. The highest BCUT2D eigenvalue weighted by Crippen LogP contribution is 2.37. The first-order valence-corrected chi connectivity index (χ1v) is 7.01. The third-order valence-corrected chi connectivity index (χ3v) is 4.51. The molecule has 3 heteroatoms. The summed E-state index contributed by atoms with van der Waals surface area (Å²) in [7, 11) is 0. The molecule has 1 aromatic rings. The number of hydrogen-bond acceptors (Lipinski definition) is 3. The molecule has 0 aromatic heterocycles. The molecule has 0 saturated heterocycles. The quantitative estimate of drug-likeness (QED) is 0.763. The Morgan fingerprint density at radius 1 is 1.22 bits per heavy atom. The van der Waals surface area contributed by atoms with Gasteiger partial charge in [-0.25, -0.2) is 0 Å². The van der Waals surface area contributed by atoms with Gasteiger partial charge in [-0.3, -0.25) is 0 Å². The molecule has 3 nitrogen and oxygen atoms in total. The molecule has 1 fully saturated rings. The molecule has 2 aliphatic rings. The zero-order valence-electron chi connectivity index (χ0n) is 10.7. The van der Waals surface area contributed by atoms with E-state index in [4.69, 9.17) is 5.73 Å². The molecule has 0 radical (unpaired) electrons. The predicted molar refractivity (Wildman–Crippen MR) is 72.1 cm³/mol. The first-order valence-electron chi connectivity index (χ1n) is 7.01. The van der Waals surface area contributed by atoms with Gasteiger partial charge in [-0.1, -0.05) is 30.7 Å². The van der Waals surface area contributed by atoms with E-state index in [1.54, 1.807) is 0 Å². The minimum Gasteiger partial charge on any atom is -0.393 e. The van der Waals surface area contributed by atoms with Gasteiger partial charge in [0, 0.05) is 18.6 Å². The molecule has 98 valence electrons. The van der Waals surface area contributed by atoms with Crippen molar-refractivity contribution in [2.75, 3.05) is 6.54 Å². The highest BCUT2D eigenvalue weighted by Gasteiger charge is 2.30. The lowest BCUT2D eigenvalue weighted by Crippen LogP contribution is -2.30. The largest absolute Gasteiger partial charge is 0.393 e. The smallest absolute Gasteiger partial charge is 0.0580 e. The highest BCUT2D eigenvalue weighted by atomic mass is 16.3. The van der Waals surface area contributed by atoms with Gasteiger partial charge in [-0.15, -0.1) is 0 Å². The zero-order valence-corrected chi connectivity index (χ0v) is 10.7. The Bertz CT molecular complexity index is 421. The van der Waals surface area contributed by atoms with Gasteiger partial charge in [0.15, 0.2) is 0 Å². The normalized spacial score (nSPS) is 34.8. The zero-order chi connectivity index (χ0) is 12.5. The lowest BCUT2D eigenvalue weighted by molar-refractivity contribution is 0.129. The van der Waals surface area contributed by atoms with E-state index >= 15 is 0 Å². The molecular formula is C15H22N2O. The topological polar surface area (TPSA) is 58.3 Å². The fourth-order valence-electron chi connectivity index (χ4n) is 3.42. The SMILES string of the molecule is NC1CC(NCC2CCCC2O)c2ccccc21. The van der Waals surface area contributed by atoms with Crippen LogP contribution in [0.5, 0.6) is 0 Å². The van der Waals surface area contributed by atoms with E-state index in [9.17, 15) is 5.11 Å². The van der Waals surface area contributed by atoms with Gasteiger partial charge < -0.3 is 16.2 Å². The lowest BCUT2D eigenvalue weighted by Gasteiger charge is -2.19. The number of aliphatic hydroxyl groups excluding tert-OH is 1. The number of hydrogen-bond donors (Lipinski definition) is 3. The summed E-state index contributed by atoms with van der Waals surface area (Å²) in [6, 6.07) is 8.96. The fraction of sp³-hybridized carbons (Fsp3) is 0.600. The minimum atomic E-state index is -0.108. The summed E-state index contributed by atoms with van der Waals surface area (Å²) in [6.45, 7) is 0.910. The second-order valence-electron chi connectivity index (χ2n) is 5.69. The van der Waals surface area contributed by atoms with Crippen molar-refractivity contribution in [3.05, 3.63) is 35.4 Å². The number of benzene rings is 1. The van der Waals surface area contributed by atoms with Gasteiger partial charge in [0.25, 0.3) is 0 Å². The van der Waals surface area contributed by atoms with Crippen LogP contribution < -0.4 is 11.1 Å². The van der Waals surface area contributed by atoms with Crippen LogP contribution in [0, 0.1) is 5.92 Å². The van der Waals surface area contributed by atoms with Crippen molar-refractivity contribution in [2.45, 2.75) is 43.9 Å². The van der Waals surface area contributed by atoms with Crippen LogP contribution in [0.3, 0.4) is 0 Å². The van der Waals surface area contributed by atoms with Crippen LogP contribution in [0.25, 0.3) is 0 Å². The van der Waals surface area contributed by atoms with E-state index < -0.39 is 0 Å². The summed E-state index contributed by atoms with van der Waals surface area (Å²) in [5, 5.41) is 13.4. The van der Waals surface area contributed by atoms with Crippen LogP contribution in [-0.4, -0.2) is 17.8 Å². The maximum Gasteiger partial charge on any atom is 0.0580 e. The van der Waals surface area contributed by atoms with E-state index in [0.29, 0.717) is 12.0 Å². The van der Waals surface area contributed by atoms with Crippen LogP contribution in [0.1, 0.15) is 48.9 Å². The van der Waals surface area contributed by atoms with Gasteiger partial charge in [0.05, 0.1) is 6.10 Å². The Morgan fingerprint density at radius 2 is 2.00 bits per heavy atom. The van der Waals surface area contributed by atoms with Gasteiger partial charge >= 0.3 is 0 Å². The van der Waals surface area contributed by atoms with Crippen molar-refractivity contribution in [1.82, 2.24) is 5.32 Å². The third-order valence-electron chi connectivity index (χ3n) is 4.51. The molecule has 0 bridgehead atoms. The van der Waals surface area contributed by atoms with Crippen molar-refractivity contribution < 1.29 is 5.11 Å².